The summed E-state index contributed by atoms with van der Waals surface area (Å²) in [4.78, 5) is 12.0. The molecule has 2 fully saturated rings. The van der Waals surface area contributed by atoms with Crippen molar-refractivity contribution >= 4 is 5.91 Å². The van der Waals surface area contributed by atoms with Crippen molar-refractivity contribution in [3.8, 4) is 0 Å². The first-order chi connectivity index (χ1) is 11.7. The minimum absolute atomic E-state index is 0.0653. The molecule has 2 N–H and O–H groups in total. The molecule has 5 nitrogen and oxygen atoms in total. The van der Waals surface area contributed by atoms with Gasteiger partial charge in [-0.15, -0.1) is 0 Å². The van der Waals surface area contributed by atoms with Crippen molar-refractivity contribution in [1.29, 1.82) is 0 Å². The highest BCUT2D eigenvalue weighted by molar-refractivity contribution is 5.75. The lowest BCUT2D eigenvalue weighted by molar-refractivity contribution is -0.123. The van der Waals surface area contributed by atoms with Crippen molar-refractivity contribution in [1.82, 2.24) is 10.6 Å². The van der Waals surface area contributed by atoms with E-state index in [-0.39, 0.29) is 18.1 Å². The fraction of sp³-hybridized carbons (Fsp3) is 0.632. The Morgan fingerprint density at radius 3 is 2.83 bits per heavy atom. The van der Waals surface area contributed by atoms with Gasteiger partial charge in [-0.1, -0.05) is 29.8 Å². The normalized spacial score (nSPS) is 24.4. The van der Waals surface area contributed by atoms with Gasteiger partial charge in [-0.25, -0.2) is 0 Å². The van der Waals surface area contributed by atoms with E-state index < -0.39 is 0 Å². The molecule has 3 rings (SSSR count). The summed E-state index contributed by atoms with van der Waals surface area (Å²) < 4.78 is 11.6. The van der Waals surface area contributed by atoms with Gasteiger partial charge in [-0.3, -0.25) is 4.79 Å². The molecule has 1 aromatic carbocycles. The highest BCUT2D eigenvalue weighted by Crippen LogP contribution is 2.33. The summed E-state index contributed by atoms with van der Waals surface area (Å²) in [7, 11) is 0. The van der Waals surface area contributed by atoms with Crippen LogP contribution in [0, 0.1) is 12.8 Å². The number of aryl methyl sites for hydroxylation is 1. The molecule has 2 aliphatic rings. The zero-order chi connectivity index (χ0) is 16.8. The first kappa shape index (κ1) is 17.4. The maximum Gasteiger partial charge on any atom is 0.222 e. The average molecular weight is 332 g/mol. The summed E-state index contributed by atoms with van der Waals surface area (Å²) in [6.45, 7) is 5.86. The molecule has 132 valence electrons. The molecule has 0 aliphatic carbocycles. The van der Waals surface area contributed by atoms with Crippen molar-refractivity contribution in [2.45, 2.75) is 38.4 Å². The molecule has 2 atom stereocenters. The number of carbonyl (C=O) groups is 1. The van der Waals surface area contributed by atoms with Crippen molar-refractivity contribution < 1.29 is 14.3 Å². The van der Waals surface area contributed by atoms with Crippen LogP contribution < -0.4 is 10.6 Å². The van der Waals surface area contributed by atoms with Crippen molar-refractivity contribution in [3.63, 3.8) is 0 Å². The Labute approximate surface area is 144 Å². The predicted molar refractivity (Wildman–Crippen MR) is 92.8 cm³/mol. The maximum absolute atomic E-state index is 12.0. The monoisotopic (exact) mass is 332 g/mol. The lowest BCUT2D eigenvalue weighted by atomic mass is 9.89. The van der Waals surface area contributed by atoms with Gasteiger partial charge in [0.15, 0.2) is 0 Å². The topological polar surface area (TPSA) is 59.6 Å². The third-order valence-electron chi connectivity index (χ3n) is 4.84. The second-order valence-corrected chi connectivity index (χ2v) is 6.81. The molecule has 2 heterocycles. The van der Waals surface area contributed by atoms with E-state index in [1.807, 2.05) is 0 Å². The minimum atomic E-state index is 0.0653. The lowest BCUT2D eigenvalue weighted by Gasteiger charge is -2.32. The third kappa shape index (κ3) is 4.79. The minimum Gasteiger partial charge on any atom is -0.375 e. The molecule has 2 saturated heterocycles. The molecule has 0 radical (unpaired) electrons. The van der Waals surface area contributed by atoms with Gasteiger partial charge >= 0.3 is 0 Å². The summed E-state index contributed by atoms with van der Waals surface area (Å²) in [6.07, 6.45) is 2.94. The van der Waals surface area contributed by atoms with Gasteiger partial charge in [0.25, 0.3) is 0 Å². The smallest absolute Gasteiger partial charge is 0.222 e. The van der Waals surface area contributed by atoms with E-state index in [0.29, 0.717) is 25.5 Å². The van der Waals surface area contributed by atoms with Gasteiger partial charge in [0, 0.05) is 38.6 Å². The molecule has 0 bridgehead atoms. The van der Waals surface area contributed by atoms with E-state index in [1.54, 1.807) is 0 Å². The van der Waals surface area contributed by atoms with Crippen molar-refractivity contribution in [2.24, 2.45) is 5.92 Å². The van der Waals surface area contributed by atoms with Crippen molar-refractivity contribution in [3.05, 3.63) is 35.4 Å². The average Bonchev–Trinajstić information content (AvgIpc) is 2.56. The van der Waals surface area contributed by atoms with Gasteiger partial charge in [0.05, 0.1) is 18.8 Å². The quantitative estimate of drug-likeness (QED) is 0.801. The van der Waals surface area contributed by atoms with E-state index in [1.165, 1.54) is 11.1 Å². The summed E-state index contributed by atoms with van der Waals surface area (Å²) in [5.41, 5.74) is 2.46. The van der Waals surface area contributed by atoms with Gasteiger partial charge < -0.3 is 20.1 Å². The zero-order valence-corrected chi connectivity index (χ0v) is 14.4. The molecule has 2 unspecified atom stereocenters. The summed E-state index contributed by atoms with van der Waals surface area (Å²) in [5, 5.41) is 6.21. The number of ether oxygens (including phenoxy) is 2. The Kier molecular flexibility index (Phi) is 6.24. The van der Waals surface area contributed by atoms with Crippen LogP contribution >= 0.6 is 0 Å². The van der Waals surface area contributed by atoms with Gasteiger partial charge in [0.1, 0.15) is 0 Å². The Hall–Kier alpha value is -1.43. The Bertz CT molecular complexity index is 528. The van der Waals surface area contributed by atoms with Gasteiger partial charge in [-0.2, -0.15) is 0 Å². The fourth-order valence-corrected chi connectivity index (χ4v) is 3.21. The van der Waals surface area contributed by atoms with E-state index in [4.69, 9.17) is 9.47 Å². The molecule has 1 aromatic rings. The van der Waals surface area contributed by atoms with Crippen LogP contribution in [0.5, 0.6) is 0 Å². The van der Waals surface area contributed by atoms with Gasteiger partial charge in [-0.05, 0) is 25.3 Å². The van der Waals surface area contributed by atoms with E-state index >= 15 is 0 Å². The first-order valence-corrected chi connectivity index (χ1v) is 8.99. The Morgan fingerprint density at radius 2 is 2.12 bits per heavy atom. The van der Waals surface area contributed by atoms with Crippen LogP contribution in [0.4, 0.5) is 0 Å². The highest BCUT2D eigenvalue weighted by Gasteiger charge is 2.27. The number of amides is 1. The van der Waals surface area contributed by atoms with Crippen LogP contribution in [0.3, 0.4) is 0 Å². The molecule has 2 aliphatic heterocycles. The highest BCUT2D eigenvalue weighted by atomic mass is 16.5. The van der Waals surface area contributed by atoms with Crippen LogP contribution in [0.25, 0.3) is 0 Å². The molecule has 0 saturated carbocycles. The van der Waals surface area contributed by atoms with Crippen LogP contribution in [-0.4, -0.2) is 44.9 Å². The number of hydrogen-bond acceptors (Lipinski definition) is 4. The number of hydrogen-bond donors (Lipinski definition) is 2. The molecular formula is C19H28N2O3. The fourth-order valence-electron chi connectivity index (χ4n) is 3.21. The Morgan fingerprint density at radius 1 is 1.33 bits per heavy atom. The summed E-state index contributed by atoms with van der Waals surface area (Å²) in [5.74, 6) is 0.401. The molecular weight excluding hydrogens is 304 g/mol. The SMILES string of the molecule is Cc1ccc(C2OCCCC2CNC(=O)CCOC2CNC2)cc1. The van der Waals surface area contributed by atoms with Gasteiger partial charge in [0.2, 0.25) is 5.91 Å². The van der Waals surface area contributed by atoms with E-state index in [9.17, 15) is 4.79 Å². The van der Waals surface area contributed by atoms with Crippen LogP contribution in [0.1, 0.15) is 36.5 Å². The third-order valence-corrected chi connectivity index (χ3v) is 4.84. The number of carbonyl (C=O) groups excluding carboxylic acids is 1. The molecule has 1 amide bonds. The molecule has 5 heteroatoms. The summed E-state index contributed by atoms with van der Waals surface area (Å²) >= 11 is 0. The largest absolute Gasteiger partial charge is 0.375 e. The number of rotatable bonds is 7. The standard InChI is InChI=1S/C19H28N2O3/c1-14-4-6-15(7-5-14)19-16(3-2-9-24-19)11-21-18(22)8-10-23-17-12-20-13-17/h4-7,16-17,19-20H,2-3,8-13H2,1H3,(H,21,22). The van der Waals surface area contributed by atoms with E-state index in [2.05, 4.69) is 41.8 Å². The molecule has 24 heavy (non-hydrogen) atoms. The summed E-state index contributed by atoms with van der Waals surface area (Å²) in [6, 6.07) is 8.52. The molecule has 0 spiro atoms. The number of nitrogens with one attached hydrogen (secondary N) is 2. The number of benzene rings is 1. The first-order valence-electron chi connectivity index (χ1n) is 8.99. The second kappa shape index (κ2) is 8.60. The zero-order valence-electron chi connectivity index (χ0n) is 14.4. The van der Waals surface area contributed by atoms with Crippen LogP contribution in [0.2, 0.25) is 0 Å². The van der Waals surface area contributed by atoms with E-state index in [0.717, 1.165) is 32.5 Å². The maximum atomic E-state index is 12.0. The Balaban J connectivity index is 1.44. The second-order valence-electron chi connectivity index (χ2n) is 6.81. The molecule has 0 aromatic heterocycles. The predicted octanol–water partition coefficient (Wildman–Crippen LogP) is 1.96. The van der Waals surface area contributed by atoms with Crippen LogP contribution in [0.15, 0.2) is 24.3 Å². The lowest BCUT2D eigenvalue weighted by Crippen LogP contribution is -2.48. The van der Waals surface area contributed by atoms with Crippen LogP contribution in [-0.2, 0) is 14.3 Å². The van der Waals surface area contributed by atoms with Crippen molar-refractivity contribution in [2.75, 3.05) is 32.8 Å².